The molecule has 0 atom stereocenters. The molecule has 0 radical (unpaired) electrons. The maximum Gasteiger partial charge on any atom is 0.272 e. The van der Waals surface area contributed by atoms with Crippen LogP contribution in [0.4, 0.5) is 5.69 Å². The lowest BCUT2D eigenvalue weighted by Crippen LogP contribution is -2.23. The van der Waals surface area contributed by atoms with Gasteiger partial charge in [0.15, 0.2) is 0 Å². The van der Waals surface area contributed by atoms with E-state index in [0.717, 1.165) is 5.56 Å². The predicted molar refractivity (Wildman–Crippen MR) is 107 cm³/mol. The van der Waals surface area contributed by atoms with E-state index in [4.69, 9.17) is 11.6 Å². The van der Waals surface area contributed by atoms with Crippen LogP contribution in [0, 0.1) is 0 Å². The van der Waals surface area contributed by atoms with E-state index in [-0.39, 0.29) is 17.0 Å². The van der Waals surface area contributed by atoms with Crippen LogP contribution >= 0.6 is 11.6 Å². The summed E-state index contributed by atoms with van der Waals surface area (Å²) in [6, 6.07) is 22.6. The van der Waals surface area contributed by atoms with Gasteiger partial charge in [0.1, 0.15) is 0 Å². The van der Waals surface area contributed by atoms with Gasteiger partial charge in [-0.15, -0.1) is 0 Å². The number of amides is 2. The third-order valence-corrected chi connectivity index (χ3v) is 3.95. The van der Waals surface area contributed by atoms with Gasteiger partial charge in [0.25, 0.3) is 11.8 Å². The first-order chi connectivity index (χ1) is 13.1. The van der Waals surface area contributed by atoms with Gasteiger partial charge >= 0.3 is 0 Å². The third kappa shape index (κ3) is 5.03. The Kier molecular flexibility index (Phi) is 5.97. The SMILES string of the molecule is O=C(N/N=C/c1ccc(Cl)cc1)c1ccccc1C(=O)Nc1ccccc1. The zero-order valence-electron chi connectivity index (χ0n) is 14.2. The minimum atomic E-state index is -0.473. The normalized spacial score (nSPS) is 10.6. The van der Waals surface area contributed by atoms with E-state index < -0.39 is 5.91 Å². The van der Waals surface area contributed by atoms with Gasteiger partial charge in [-0.3, -0.25) is 9.59 Å². The Bertz CT molecular complexity index is 970. The van der Waals surface area contributed by atoms with Crippen LogP contribution in [0.1, 0.15) is 26.3 Å². The van der Waals surface area contributed by atoms with Crippen molar-refractivity contribution >= 4 is 35.3 Å². The van der Waals surface area contributed by atoms with Crippen LogP contribution in [0.2, 0.25) is 5.02 Å². The molecular formula is C21H16ClN3O2. The lowest BCUT2D eigenvalue weighted by atomic mass is 10.1. The van der Waals surface area contributed by atoms with E-state index in [1.165, 1.54) is 6.21 Å². The van der Waals surface area contributed by atoms with Crippen molar-refractivity contribution in [2.24, 2.45) is 5.10 Å². The first-order valence-corrected chi connectivity index (χ1v) is 8.56. The summed E-state index contributed by atoms with van der Waals surface area (Å²) in [5.74, 6) is -0.840. The van der Waals surface area contributed by atoms with Crippen molar-refractivity contribution in [2.75, 3.05) is 5.32 Å². The molecule has 0 aromatic heterocycles. The summed E-state index contributed by atoms with van der Waals surface area (Å²) in [5.41, 5.74) is 4.38. The van der Waals surface area contributed by atoms with E-state index in [0.29, 0.717) is 10.7 Å². The fourth-order valence-corrected chi connectivity index (χ4v) is 2.50. The number of rotatable bonds is 5. The second-order valence-electron chi connectivity index (χ2n) is 5.62. The van der Waals surface area contributed by atoms with Gasteiger partial charge in [-0.1, -0.05) is 54.1 Å². The lowest BCUT2D eigenvalue weighted by Gasteiger charge is -2.09. The van der Waals surface area contributed by atoms with Crippen molar-refractivity contribution in [3.8, 4) is 0 Å². The minimum Gasteiger partial charge on any atom is -0.322 e. The molecular weight excluding hydrogens is 362 g/mol. The molecule has 3 rings (SSSR count). The van der Waals surface area contributed by atoms with Crippen LogP contribution in [-0.4, -0.2) is 18.0 Å². The van der Waals surface area contributed by atoms with Crippen LogP contribution in [0.25, 0.3) is 0 Å². The van der Waals surface area contributed by atoms with Gasteiger partial charge in [0.05, 0.1) is 17.3 Å². The van der Waals surface area contributed by atoms with E-state index in [1.54, 1.807) is 60.7 Å². The highest BCUT2D eigenvalue weighted by atomic mass is 35.5. The van der Waals surface area contributed by atoms with Crippen LogP contribution in [0.3, 0.4) is 0 Å². The number of anilines is 1. The molecule has 134 valence electrons. The number of carbonyl (C=O) groups is 2. The molecule has 6 heteroatoms. The molecule has 0 aliphatic carbocycles. The first-order valence-electron chi connectivity index (χ1n) is 8.18. The average Bonchev–Trinajstić information content (AvgIpc) is 2.70. The van der Waals surface area contributed by atoms with Crippen molar-refractivity contribution in [2.45, 2.75) is 0 Å². The molecule has 5 nitrogen and oxygen atoms in total. The van der Waals surface area contributed by atoms with Crippen molar-refractivity contribution in [1.29, 1.82) is 0 Å². The molecule has 0 spiro atoms. The molecule has 0 saturated carbocycles. The lowest BCUT2D eigenvalue weighted by molar-refractivity contribution is 0.0941. The monoisotopic (exact) mass is 377 g/mol. The fourth-order valence-electron chi connectivity index (χ4n) is 2.37. The van der Waals surface area contributed by atoms with E-state index >= 15 is 0 Å². The summed E-state index contributed by atoms with van der Waals surface area (Å²) >= 11 is 5.83. The molecule has 3 aromatic rings. The molecule has 0 heterocycles. The molecule has 0 bridgehead atoms. The maximum atomic E-state index is 12.5. The molecule has 2 N–H and O–H groups in total. The van der Waals surface area contributed by atoms with E-state index in [1.807, 2.05) is 18.2 Å². The number of benzene rings is 3. The Hall–Kier alpha value is -3.44. The van der Waals surface area contributed by atoms with Gasteiger partial charge in [0, 0.05) is 10.7 Å². The van der Waals surface area contributed by atoms with Gasteiger partial charge in [-0.2, -0.15) is 5.10 Å². The van der Waals surface area contributed by atoms with Crippen LogP contribution < -0.4 is 10.7 Å². The highest BCUT2D eigenvalue weighted by molar-refractivity contribution is 6.30. The molecule has 27 heavy (non-hydrogen) atoms. The number of hydrazone groups is 1. The number of hydrogen-bond donors (Lipinski definition) is 2. The Balaban J connectivity index is 1.71. The zero-order valence-corrected chi connectivity index (χ0v) is 15.0. The number of nitrogens with one attached hydrogen (secondary N) is 2. The van der Waals surface area contributed by atoms with Gasteiger partial charge < -0.3 is 5.32 Å². The Morgan fingerprint density at radius 2 is 1.37 bits per heavy atom. The van der Waals surface area contributed by atoms with Gasteiger partial charge in [0.2, 0.25) is 0 Å². The molecule has 0 unspecified atom stereocenters. The van der Waals surface area contributed by atoms with Crippen molar-refractivity contribution in [1.82, 2.24) is 5.43 Å². The summed E-state index contributed by atoms with van der Waals surface area (Å²) in [7, 11) is 0. The molecule has 0 saturated heterocycles. The maximum absolute atomic E-state index is 12.5. The summed E-state index contributed by atoms with van der Waals surface area (Å²) in [4.78, 5) is 25.0. The van der Waals surface area contributed by atoms with Crippen molar-refractivity contribution in [3.63, 3.8) is 0 Å². The highest BCUT2D eigenvalue weighted by Gasteiger charge is 2.16. The van der Waals surface area contributed by atoms with Crippen molar-refractivity contribution in [3.05, 3.63) is 101 Å². The van der Waals surface area contributed by atoms with Gasteiger partial charge in [-0.25, -0.2) is 5.43 Å². The standard InChI is InChI=1S/C21H16ClN3O2/c22-16-12-10-15(11-13-16)14-23-25-21(27)19-9-5-4-8-18(19)20(26)24-17-6-2-1-3-7-17/h1-14H,(H,24,26)(H,25,27)/b23-14+. The second kappa shape index (κ2) is 8.78. The topological polar surface area (TPSA) is 70.6 Å². The Morgan fingerprint density at radius 1 is 0.778 bits per heavy atom. The second-order valence-corrected chi connectivity index (χ2v) is 6.05. The molecule has 0 aliphatic rings. The van der Waals surface area contributed by atoms with E-state index in [9.17, 15) is 9.59 Å². The molecule has 0 fully saturated rings. The van der Waals surface area contributed by atoms with Crippen LogP contribution in [-0.2, 0) is 0 Å². The zero-order chi connectivity index (χ0) is 19.1. The smallest absolute Gasteiger partial charge is 0.272 e. The summed E-state index contributed by atoms with van der Waals surface area (Å²) < 4.78 is 0. The van der Waals surface area contributed by atoms with Gasteiger partial charge in [-0.05, 0) is 42.0 Å². The fraction of sp³-hybridized carbons (Fsp3) is 0. The first kappa shape index (κ1) is 18.4. The average molecular weight is 378 g/mol. The largest absolute Gasteiger partial charge is 0.322 e. The van der Waals surface area contributed by atoms with E-state index in [2.05, 4.69) is 15.8 Å². The summed E-state index contributed by atoms with van der Waals surface area (Å²) in [6.45, 7) is 0. The number of halogens is 1. The molecule has 3 aromatic carbocycles. The summed E-state index contributed by atoms with van der Waals surface area (Å²) in [6.07, 6.45) is 1.50. The quantitative estimate of drug-likeness (QED) is 0.512. The van der Waals surface area contributed by atoms with Crippen LogP contribution in [0.5, 0.6) is 0 Å². The summed E-state index contributed by atoms with van der Waals surface area (Å²) in [5, 5.41) is 7.32. The third-order valence-electron chi connectivity index (χ3n) is 3.70. The Morgan fingerprint density at radius 3 is 2.04 bits per heavy atom. The minimum absolute atomic E-state index is 0.235. The molecule has 0 aliphatic heterocycles. The highest BCUT2D eigenvalue weighted by Crippen LogP contribution is 2.13. The van der Waals surface area contributed by atoms with Crippen molar-refractivity contribution < 1.29 is 9.59 Å². The predicted octanol–water partition coefficient (Wildman–Crippen LogP) is 4.36. The number of hydrogen-bond acceptors (Lipinski definition) is 3. The number of nitrogens with zero attached hydrogens (tertiary/aromatic N) is 1. The molecule has 2 amide bonds. The number of para-hydroxylation sites is 1. The Labute approximate surface area is 161 Å². The number of carbonyl (C=O) groups excluding carboxylic acids is 2. The van der Waals surface area contributed by atoms with Crippen LogP contribution in [0.15, 0.2) is 84.0 Å².